The summed E-state index contributed by atoms with van der Waals surface area (Å²) < 4.78 is 0. The molecule has 0 radical (unpaired) electrons. The van der Waals surface area contributed by atoms with E-state index in [9.17, 15) is 0 Å². The third-order valence-electron chi connectivity index (χ3n) is 5.55. The zero-order valence-electron chi connectivity index (χ0n) is 14.4. The molecule has 25 heavy (non-hydrogen) atoms. The number of likely N-dealkylation sites (N-methyl/N-ethyl adjacent to an activating group) is 1. The Kier molecular flexibility index (Phi) is 3.33. The highest BCUT2D eigenvalue weighted by Crippen LogP contribution is 2.30. The lowest BCUT2D eigenvalue weighted by Gasteiger charge is -2.45. The van der Waals surface area contributed by atoms with Gasteiger partial charge < -0.3 is 9.80 Å². The molecular weight excluding hydrogens is 310 g/mol. The van der Waals surface area contributed by atoms with Gasteiger partial charge in [-0.15, -0.1) is 5.10 Å². The van der Waals surface area contributed by atoms with Crippen molar-refractivity contribution in [1.29, 1.82) is 0 Å². The van der Waals surface area contributed by atoms with Gasteiger partial charge >= 0.3 is 0 Å². The Morgan fingerprint density at radius 2 is 1.96 bits per heavy atom. The highest BCUT2D eigenvalue weighted by molar-refractivity contribution is 5.91. The number of aryl methyl sites for hydroxylation is 2. The Hall–Kier alpha value is -2.69. The van der Waals surface area contributed by atoms with Gasteiger partial charge in [-0.3, -0.25) is 4.98 Å². The van der Waals surface area contributed by atoms with E-state index < -0.39 is 0 Å². The van der Waals surface area contributed by atoms with E-state index in [1.54, 1.807) is 0 Å². The predicted molar refractivity (Wildman–Crippen MR) is 100 cm³/mol. The fourth-order valence-corrected chi connectivity index (χ4v) is 3.94. The number of anilines is 2. The highest BCUT2D eigenvalue weighted by Gasteiger charge is 2.32. The van der Waals surface area contributed by atoms with Gasteiger partial charge in [0.2, 0.25) is 0 Å². The van der Waals surface area contributed by atoms with Crippen molar-refractivity contribution in [3.63, 3.8) is 0 Å². The van der Waals surface area contributed by atoms with Gasteiger partial charge in [0.1, 0.15) is 0 Å². The molecule has 2 aromatic heterocycles. The third kappa shape index (κ3) is 2.42. The number of para-hydroxylation sites is 1. The maximum atomic E-state index is 4.47. The largest absolute Gasteiger partial charge is 0.367 e. The zero-order chi connectivity index (χ0) is 16.8. The normalized spacial score (nSPS) is 16.8. The van der Waals surface area contributed by atoms with E-state index in [1.807, 2.05) is 12.3 Å². The first kappa shape index (κ1) is 14.6. The maximum absolute atomic E-state index is 4.47. The molecule has 1 saturated heterocycles. The van der Waals surface area contributed by atoms with Crippen LogP contribution in [0.4, 0.5) is 11.5 Å². The number of nitrogens with zero attached hydrogens (tertiary/aromatic N) is 5. The van der Waals surface area contributed by atoms with Gasteiger partial charge in [0.05, 0.1) is 17.3 Å². The molecule has 3 heterocycles. The fraction of sp³-hybridized carbons (Fsp3) is 0.350. The lowest BCUT2D eigenvalue weighted by Crippen LogP contribution is -2.59. The summed E-state index contributed by atoms with van der Waals surface area (Å²) in [7, 11) is 2.18. The molecule has 126 valence electrons. The maximum Gasteiger partial charge on any atom is 0.151 e. The van der Waals surface area contributed by atoms with Crippen LogP contribution in [0, 0.1) is 0 Å². The molecule has 5 nitrogen and oxygen atoms in total. The van der Waals surface area contributed by atoms with Crippen LogP contribution >= 0.6 is 0 Å². The zero-order valence-corrected chi connectivity index (χ0v) is 14.4. The van der Waals surface area contributed by atoms with Crippen LogP contribution < -0.4 is 9.80 Å². The van der Waals surface area contributed by atoms with Crippen molar-refractivity contribution < 1.29 is 0 Å². The molecule has 2 aliphatic rings. The van der Waals surface area contributed by atoms with Crippen molar-refractivity contribution in [1.82, 2.24) is 15.2 Å². The highest BCUT2D eigenvalue weighted by atomic mass is 15.4. The molecule has 0 bridgehead atoms. The molecule has 1 fully saturated rings. The SMILES string of the molecule is CN(c1ccnc2ccccc12)C1CN(c2cc3c(nn2)CCC3)C1. The number of aromatic nitrogens is 3. The van der Waals surface area contributed by atoms with Crippen LogP contribution in [0.5, 0.6) is 0 Å². The van der Waals surface area contributed by atoms with Crippen molar-refractivity contribution in [2.45, 2.75) is 25.3 Å². The molecule has 0 spiro atoms. The molecule has 1 aromatic carbocycles. The number of rotatable bonds is 3. The molecule has 3 aromatic rings. The monoisotopic (exact) mass is 331 g/mol. The van der Waals surface area contributed by atoms with Crippen molar-refractivity contribution >= 4 is 22.4 Å². The second-order valence-electron chi connectivity index (χ2n) is 7.04. The molecule has 1 aliphatic heterocycles. The van der Waals surface area contributed by atoms with Gasteiger partial charge in [0.15, 0.2) is 5.82 Å². The molecule has 0 saturated carbocycles. The number of hydrogen-bond acceptors (Lipinski definition) is 5. The van der Waals surface area contributed by atoms with E-state index in [2.05, 4.69) is 62.4 Å². The van der Waals surface area contributed by atoms with Crippen LogP contribution in [-0.2, 0) is 12.8 Å². The summed E-state index contributed by atoms with van der Waals surface area (Å²) in [6.07, 6.45) is 5.35. The average molecular weight is 331 g/mol. The van der Waals surface area contributed by atoms with Gasteiger partial charge in [-0.2, -0.15) is 5.10 Å². The van der Waals surface area contributed by atoms with E-state index in [0.29, 0.717) is 6.04 Å². The minimum Gasteiger partial charge on any atom is -0.367 e. The number of fused-ring (bicyclic) bond motifs is 2. The second-order valence-corrected chi connectivity index (χ2v) is 7.04. The first-order valence-electron chi connectivity index (χ1n) is 8.96. The molecule has 5 heteroatoms. The Morgan fingerprint density at radius 1 is 1.08 bits per heavy atom. The topological polar surface area (TPSA) is 45.2 Å². The van der Waals surface area contributed by atoms with Gasteiger partial charge in [0, 0.05) is 37.4 Å². The molecule has 0 N–H and O–H groups in total. The number of hydrogen-bond donors (Lipinski definition) is 0. The minimum absolute atomic E-state index is 0.487. The Labute approximate surface area is 147 Å². The lowest BCUT2D eigenvalue weighted by atomic mass is 10.0. The number of pyridine rings is 1. The summed E-state index contributed by atoms with van der Waals surface area (Å²) in [5, 5.41) is 10.1. The predicted octanol–water partition coefficient (Wildman–Crippen LogP) is 2.84. The summed E-state index contributed by atoms with van der Waals surface area (Å²) in [5.41, 5.74) is 4.88. The summed E-state index contributed by atoms with van der Waals surface area (Å²) in [5.74, 6) is 1.03. The van der Waals surface area contributed by atoms with Crippen molar-refractivity contribution in [2.24, 2.45) is 0 Å². The van der Waals surface area contributed by atoms with E-state index in [4.69, 9.17) is 0 Å². The van der Waals surface area contributed by atoms with Crippen molar-refractivity contribution in [3.8, 4) is 0 Å². The fourth-order valence-electron chi connectivity index (χ4n) is 3.94. The van der Waals surface area contributed by atoms with Crippen LogP contribution in [0.25, 0.3) is 10.9 Å². The van der Waals surface area contributed by atoms with Crippen molar-refractivity contribution in [2.75, 3.05) is 29.9 Å². The van der Waals surface area contributed by atoms with E-state index >= 15 is 0 Å². The van der Waals surface area contributed by atoms with Crippen LogP contribution in [0.1, 0.15) is 17.7 Å². The smallest absolute Gasteiger partial charge is 0.151 e. The summed E-state index contributed by atoms with van der Waals surface area (Å²) in [6, 6.07) is 13.2. The number of benzene rings is 1. The third-order valence-corrected chi connectivity index (χ3v) is 5.55. The van der Waals surface area contributed by atoms with Crippen LogP contribution in [0.2, 0.25) is 0 Å². The van der Waals surface area contributed by atoms with Gasteiger partial charge in [-0.1, -0.05) is 18.2 Å². The molecule has 0 unspecified atom stereocenters. The molecule has 0 atom stereocenters. The quantitative estimate of drug-likeness (QED) is 0.738. The first-order valence-corrected chi connectivity index (χ1v) is 8.96. The average Bonchev–Trinajstić information content (AvgIpc) is 3.07. The standard InChI is InChI=1S/C20H21N5/c1-24(19-9-10-21-18-7-3-2-6-16(18)19)15-12-25(13-15)20-11-14-5-4-8-17(14)22-23-20/h2-3,6-7,9-11,15H,4-5,8,12-13H2,1H3. The lowest BCUT2D eigenvalue weighted by molar-refractivity contribution is 0.491. The van der Waals surface area contributed by atoms with Crippen LogP contribution in [0.15, 0.2) is 42.6 Å². The van der Waals surface area contributed by atoms with Gasteiger partial charge in [-0.25, -0.2) is 0 Å². The van der Waals surface area contributed by atoms with E-state index in [1.165, 1.54) is 28.8 Å². The second kappa shape index (κ2) is 5.69. The van der Waals surface area contributed by atoms with E-state index in [-0.39, 0.29) is 0 Å². The summed E-state index contributed by atoms with van der Waals surface area (Å²) in [6.45, 7) is 1.97. The summed E-state index contributed by atoms with van der Waals surface area (Å²) in [4.78, 5) is 9.17. The van der Waals surface area contributed by atoms with Crippen molar-refractivity contribution in [3.05, 3.63) is 53.9 Å². The minimum atomic E-state index is 0.487. The Balaban J connectivity index is 1.34. The van der Waals surface area contributed by atoms with Gasteiger partial charge in [0.25, 0.3) is 0 Å². The first-order chi connectivity index (χ1) is 12.3. The van der Waals surface area contributed by atoms with Crippen LogP contribution in [-0.4, -0.2) is 41.4 Å². The molecule has 0 amide bonds. The van der Waals surface area contributed by atoms with E-state index in [0.717, 1.165) is 37.3 Å². The summed E-state index contributed by atoms with van der Waals surface area (Å²) >= 11 is 0. The van der Waals surface area contributed by atoms with Gasteiger partial charge in [-0.05, 0) is 43.0 Å². The van der Waals surface area contributed by atoms with Crippen LogP contribution in [0.3, 0.4) is 0 Å². The Bertz CT molecular complexity index is 927. The molecule has 5 rings (SSSR count). The Morgan fingerprint density at radius 3 is 2.88 bits per heavy atom. The molecular formula is C20H21N5. The molecule has 1 aliphatic carbocycles.